The van der Waals surface area contributed by atoms with Crippen molar-refractivity contribution in [3.8, 4) is 0 Å². The Morgan fingerprint density at radius 1 is 1.80 bits per heavy atom. The van der Waals surface area contributed by atoms with Crippen LogP contribution in [-0.4, -0.2) is 16.1 Å². The number of aromatic nitrogens is 1. The van der Waals surface area contributed by atoms with Gasteiger partial charge >= 0.3 is 5.97 Å². The van der Waals surface area contributed by atoms with Gasteiger partial charge in [0, 0.05) is 0 Å². The van der Waals surface area contributed by atoms with E-state index in [-0.39, 0.29) is 10.6 Å². The molecule has 0 aromatic carbocycles. The van der Waals surface area contributed by atoms with Crippen LogP contribution in [0.5, 0.6) is 0 Å². The number of carboxylic acid groups (broad SMARTS) is 1. The fraction of sp³-hybridized carbons (Fsp3) is 0.200. The van der Waals surface area contributed by atoms with Gasteiger partial charge in [-0.1, -0.05) is 11.3 Å². The molecule has 0 aliphatic heterocycles. The average Bonchev–Trinajstić information content (AvgIpc) is 2.10. The Balaban J connectivity index is 3.15. The molecule has 0 aliphatic rings. The maximum atomic E-state index is 12.2. The molecule has 1 rings (SSSR count). The molecule has 10 heavy (non-hydrogen) atoms. The average molecular weight is 161 g/mol. The van der Waals surface area contributed by atoms with Crippen LogP contribution in [-0.2, 0) is 0 Å². The van der Waals surface area contributed by atoms with E-state index in [1.165, 1.54) is 6.92 Å². The minimum atomic E-state index is -1.13. The quantitative estimate of drug-likeness (QED) is 0.675. The van der Waals surface area contributed by atoms with Crippen LogP contribution in [0, 0.1) is 12.2 Å². The standard InChI is InChI=1S/C5H4FNO2S/c1-2-3(4(8)9)10-5(6)7-2/h1H3,(H,8,9). The van der Waals surface area contributed by atoms with Gasteiger partial charge in [-0.25, -0.2) is 9.78 Å². The summed E-state index contributed by atoms with van der Waals surface area (Å²) in [5.41, 5.74) is 0.231. The van der Waals surface area contributed by atoms with Gasteiger partial charge < -0.3 is 5.11 Å². The summed E-state index contributed by atoms with van der Waals surface area (Å²) in [4.78, 5) is 13.5. The van der Waals surface area contributed by atoms with Crippen LogP contribution in [0.3, 0.4) is 0 Å². The first-order valence-corrected chi connectivity index (χ1v) is 3.29. The molecule has 0 saturated carbocycles. The molecule has 0 saturated heterocycles. The second-order valence-corrected chi connectivity index (χ2v) is 2.64. The van der Waals surface area contributed by atoms with E-state index in [4.69, 9.17) is 5.11 Å². The van der Waals surface area contributed by atoms with E-state index in [0.717, 1.165) is 0 Å². The van der Waals surface area contributed by atoms with Crippen LogP contribution >= 0.6 is 11.3 Å². The molecule has 1 heterocycles. The molecule has 0 amide bonds. The molecule has 3 nitrogen and oxygen atoms in total. The maximum Gasteiger partial charge on any atom is 0.347 e. The summed E-state index contributed by atoms with van der Waals surface area (Å²) < 4.78 is 12.2. The topological polar surface area (TPSA) is 50.2 Å². The number of aromatic carboxylic acids is 1. The first-order valence-electron chi connectivity index (χ1n) is 2.47. The largest absolute Gasteiger partial charge is 0.477 e. The minimum absolute atomic E-state index is 0.0301. The van der Waals surface area contributed by atoms with Crippen molar-refractivity contribution in [1.29, 1.82) is 0 Å². The fourth-order valence-electron chi connectivity index (χ4n) is 0.562. The lowest BCUT2D eigenvalue weighted by Gasteiger charge is -1.83. The molecule has 1 aromatic heterocycles. The van der Waals surface area contributed by atoms with Crippen LogP contribution in [0.4, 0.5) is 4.39 Å². The van der Waals surface area contributed by atoms with Crippen molar-refractivity contribution >= 4 is 17.3 Å². The SMILES string of the molecule is Cc1nc(F)sc1C(=O)O. The van der Waals surface area contributed by atoms with Gasteiger partial charge in [0.05, 0.1) is 5.69 Å². The van der Waals surface area contributed by atoms with Crippen LogP contribution in [0.25, 0.3) is 0 Å². The fourth-order valence-corrected chi connectivity index (χ4v) is 1.19. The minimum Gasteiger partial charge on any atom is -0.477 e. The predicted octanol–water partition coefficient (Wildman–Crippen LogP) is 1.29. The van der Waals surface area contributed by atoms with Crippen molar-refractivity contribution in [2.75, 3.05) is 0 Å². The molecular weight excluding hydrogens is 157 g/mol. The molecule has 5 heteroatoms. The van der Waals surface area contributed by atoms with Crippen molar-refractivity contribution in [3.63, 3.8) is 0 Å². The second kappa shape index (κ2) is 2.34. The summed E-state index contributed by atoms with van der Waals surface area (Å²) in [6, 6.07) is 0. The highest BCUT2D eigenvalue weighted by atomic mass is 32.1. The van der Waals surface area contributed by atoms with Crippen molar-refractivity contribution in [2.45, 2.75) is 6.92 Å². The predicted molar refractivity (Wildman–Crippen MR) is 33.8 cm³/mol. The third kappa shape index (κ3) is 1.13. The molecule has 1 aromatic rings. The van der Waals surface area contributed by atoms with E-state index < -0.39 is 11.2 Å². The van der Waals surface area contributed by atoms with Crippen LogP contribution < -0.4 is 0 Å². The van der Waals surface area contributed by atoms with Crippen LogP contribution in [0.1, 0.15) is 15.4 Å². The number of halogens is 1. The van der Waals surface area contributed by atoms with Gasteiger partial charge in [0.1, 0.15) is 4.88 Å². The summed E-state index contributed by atoms with van der Waals surface area (Å²) in [5, 5.41) is 7.68. The van der Waals surface area contributed by atoms with Crippen molar-refractivity contribution in [2.24, 2.45) is 0 Å². The molecule has 0 aliphatic carbocycles. The lowest BCUT2D eigenvalue weighted by Crippen LogP contribution is -1.94. The number of thiazole rings is 1. The first-order chi connectivity index (χ1) is 4.61. The van der Waals surface area contributed by atoms with Gasteiger partial charge in [-0.2, -0.15) is 4.39 Å². The zero-order valence-corrected chi connectivity index (χ0v) is 5.91. The number of nitrogens with zero attached hydrogens (tertiary/aromatic N) is 1. The maximum absolute atomic E-state index is 12.2. The van der Waals surface area contributed by atoms with E-state index in [1.807, 2.05) is 0 Å². The summed E-state index contributed by atoms with van der Waals surface area (Å²) in [6.45, 7) is 1.46. The molecule has 0 bridgehead atoms. The van der Waals surface area contributed by atoms with Gasteiger partial charge in [-0.05, 0) is 6.92 Å². The van der Waals surface area contributed by atoms with Crippen molar-refractivity contribution < 1.29 is 14.3 Å². The number of hydrogen-bond donors (Lipinski definition) is 1. The third-order valence-electron chi connectivity index (χ3n) is 0.965. The molecular formula is C5H4FNO2S. The molecule has 0 spiro atoms. The lowest BCUT2D eigenvalue weighted by molar-refractivity contribution is 0.0701. The highest BCUT2D eigenvalue weighted by Gasteiger charge is 2.12. The Bertz CT molecular complexity index is 271. The molecule has 0 radical (unpaired) electrons. The van der Waals surface area contributed by atoms with Gasteiger partial charge in [-0.3, -0.25) is 0 Å². The van der Waals surface area contributed by atoms with E-state index in [2.05, 4.69) is 4.98 Å². The van der Waals surface area contributed by atoms with E-state index in [9.17, 15) is 9.18 Å². The number of hydrogen-bond acceptors (Lipinski definition) is 3. The Morgan fingerprint density at radius 2 is 2.40 bits per heavy atom. The number of carboxylic acids is 1. The van der Waals surface area contributed by atoms with Gasteiger partial charge in [0.25, 0.3) is 5.26 Å². The molecule has 54 valence electrons. The van der Waals surface area contributed by atoms with Crippen LogP contribution in [0.2, 0.25) is 0 Å². The van der Waals surface area contributed by atoms with Gasteiger partial charge in [0.15, 0.2) is 0 Å². The smallest absolute Gasteiger partial charge is 0.347 e. The van der Waals surface area contributed by atoms with Gasteiger partial charge in [0.2, 0.25) is 0 Å². The molecule has 0 unspecified atom stereocenters. The van der Waals surface area contributed by atoms with Crippen molar-refractivity contribution in [3.05, 3.63) is 15.8 Å². The normalized spacial score (nSPS) is 9.80. The first kappa shape index (κ1) is 7.14. The Kier molecular flexibility index (Phi) is 1.67. The summed E-state index contributed by atoms with van der Waals surface area (Å²) >= 11 is 0.545. The zero-order valence-electron chi connectivity index (χ0n) is 5.09. The van der Waals surface area contributed by atoms with E-state index in [0.29, 0.717) is 11.3 Å². The molecule has 1 N–H and O–H groups in total. The number of carbonyl (C=O) groups is 1. The number of aryl methyl sites for hydroxylation is 1. The Labute approximate surface area is 60.1 Å². The summed E-state index contributed by atoms with van der Waals surface area (Å²) in [6.07, 6.45) is 0. The zero-order chi connectivity index (χ0) is 7.72. The van der Waals surface area contributed by atoms with Crippen molar-refractivity contribution in [1.82, 2.24) is 4.98 Å². The summed E-state index contributed by atoms with van der Waals surface area (Å²) in [7, 11) is 0. The van der Waals surface area contributed by atoms with E-state index >= 15 is 0 Å². The Hall–Kier alpha value is -0.970. The van der Waals surface area contributed by atoms with Crippen LogP contribution in [0.15, 0.2) is 0 Å². The van der Waals surface area contributed by atoms with E-state index in [1.54, 1.807) is 0 Å². The Morgan fingerprint density at radius 3 is 2.60 bits per heavy atom. The summed E-state index contributed by atoms with van der Waals surface area (Å²) in [5.74, 6) is -1.13. The second-order valence-electron chi connectivity index (χ2n) is 1.69. The molecule has 0 atom stereocenters. The number of rotatable bonds is 1. The lowest BCUT2D eigenvalue weighted by atomic mass is 10.4. The highest BCUT2D eigenvalue weighted by molar-refractivity contribution is 7.12. The monoisotopic (exact) mass is 161 g/mol. The third-order valence-corrected chi connectivity index (χ3v) is 1.90. The highest BCUT2D eigenvalue weighted by Crippen LogP contribution is 2.15. The van der Waals surface area contributed by atoms with Gasteiger partial charge in [-0.15, -0.1) is 0 Å². The molecule has 0 fully saturated rings.